The summed E-state index contributed by atoms with van der Waals surface area (Å²) in [6.07, 6.45) is 0.379. The lowest BCUT2D eigenvalue weighted by Gasteiger charge is -2.35. The van der Waals surface area contributed by atoms with Crippen molar-refractivity contribution in [1.29, 1.82) is 0 Å². The van der Waals surface area contributed by atoms with Gasteiger partial charge < -0.3 is 25.0 Å². The summed E-state index contributed by atoms with van der Waals surface area (Å²) in [5, 5.41) is 16.6. The summed E-state index contributed by atoms with van der Waals surface area (Å²) in [4.78, 5) is 63.3. The number of hydrogen-bond donors (Lipinski definition) is 3. The highest BCUT2D eigenvalue weighted by atomic mass is 16.5. The summed E-state index contributed by atoms with van der Waals surface area (Å²) >= 11 is 0. The number of nitrogens with one attached hydrogen (secondary N) is 2. The maximum absolute atomic E-state index is 14.3. The average Bonchev–Trinajstić information content (AvgIpc) is 3.46. The number of nitrogens with zero attached hydrogens (tertiary/aromatic N) is 5. The molecule has 3 N–H and O–H groups in total. The highest BCUT2D eigenvalue weighted by Crippen LogP contribution is 2.22. The number of aryl methyl sites for hydroxylation is 1. The molecule has 0 bridgehead atoms. The van der Waals surface area contributed by atoms with Crippen LogP contribution in [0.2, 0.25) is 0 Å². The smallest absolute Gasteiger partial charge is 0.417 e. The molecule has 1 aromatic carbocycles. The van der Waals surface area contributed by atoms with Crippen LogP contribution in [-0.2, 0) is 22.4 Å². The van der Waals surface area contributed by atoms with Crippen LogP contribution in [-0.4, -0.2) is 118 Å². The first-order chi connectivity index (χ1) is 25.0. The minimum absolute atomic E-state index is 0.0296. The number of aliphatic hydroxyl groups is 1. The molecule has 6 amide bonds. The van der Waals surface area contributed by atoms with E-state index >= 15 is 0 Å². The Kier molecular flexibility index (Phi) is 16.5. The van der Waals surface area contributed by atoms with Crippen LogP contribution in [0.4, 0.5) is 14.4 Å². The summed E-state index contributed by atoms with van der Waals surface area (Å²) in [6, 6.07) is 13.1. The normalized spacial score (nSPS) is 15.7. The molecule has 294 valence electrons. The molecule has 4 atom stereocenters. The standard InChI is InChI=1S/C40H63N7O6/c1-10-29(4)35(46-24-23-44(38(46)51)21-20-32-18-14-15-30(5)41-32)36(49)42-33(25-31-16-12-11-13-17-31)34(48)26-45(22-19-28(2)3)43-37(50)47(39(52)53-9)27-40(6,7)8/h11-18,28-29,33-35,48H,10,19-27H2,1-9H3,(H,42,49)(H,43,50). The Hall–Kier alpha value is -4.23. The third-order valence-electron chi connectivity index (χ3n) is 9.50. The zero-order chi connectivity index (χ0) is 39.3. The second-order valence-electron chi connectivity index (χ2n) is 15.8. The molecule has 1 fully saturated rings. The molecule has 0 saturated carbocycles. The number of aliphatic hydroxyl groups excluding tert-OH is 1. The molecule has 1 aliphatic rings. The van der Waals surface area contributed by atoms with Gasteiger partial charge in [-0.2, -0.15) is 0 Å². The Morgan fingerprint density at radius 1 is 1.04 bits per heavy atom. The number of ether oxygens (including phenoxy) is 1. The van der Waals surface area contributed by atoms with Crippen molar-refractivity contribution in [2.24, 2.45) is 17.3 Å². The lowest BCUT2D eigenvalue weighted by Crippen LogP contribution is -2.59. The predicted molar refractivity (Wildman–Crippen MR) is 206 cm³/mol. The fourth-order valence-electron chi connectivity index (χ4n) is 6.36. The third kappa shape index (κ3) is 13.6. The van der Waals surface area contributed by atoms with Gasteiger partial charge in [0.1, 0.15) is 6.04 Å². The van der Waals surface area contributed by atoms with Gasteiger partial charge in [0, 0.05) is 57.1 Å². The van der Waals surface area contributed by atoms with Gasteiger partial charge >= 0.3 is 18.2 Å². The number of rotatable bonds is 18. The highest BCUT2D eigenvalue weighted by molar-refractivity contribution is 5.90. The van der Waals surface area contributed by atoms with Crippen LogP contribution in [0.1, 0.15) is 78.3 Å². The van der Waals surface area contributed by atoms with Crippen LogP contribution in [0.15, 0.2) is 48.5 Å². The first kappa shape index (κ1) is 43.2. The minimum atomic E-state index is -1.13. The first-order valence-electron chi connectivity index (χ1n) is 18.9. The van der Waals surface area contributed by atoms with Gasteiger partial charge in [-0.3, -0.25) is 15.2 Å². The minimum Gasteiger partial charge on any atom is -0.452 e. The number of carbonyl (C=O) groups is 4. The van der Waals surface area contributed by atoms with E-state index < -0.39 is 35.7 Å². The fraction of sp³-hybridized carbons (Fsp3) is 0.625. The third-order valence-corrected chi connectivity index (χ3v) is 9.50. The second-order valence-corrected chi connectivity index (χ2v) is 15.8. The van der Waals surface area contributed by atoms with Crippen molar-refractivity contribution >= 4 is 24.1 Å². The van der Waals surface area contributed by atoms with Crippen LogP contribution in [0.5, 0.6) is 0 Å². The molecule has 53 heavy (non-hydrogen) atoms. The van der Waals surface area contributed by atoms with Crippen LogP contribution in [0.3, 0.4) is 0 Å². The fourth-order valence-corrected chi connectivity index (χ4v) is 6.36. The summed E-state index contributed by atoms with van der Waals surface area (Å²) in [5.41, 5.74) is 5.18. The number of amides is 6. The van der Waals surface area contributed by atoms with Crippen molar-refractivity contribution in [3.8, 4) is 0 Å². The van der Waals surface area contributed by atoms with Crippen molar-refractivity contribution in [2.75, 3.05) is 46.4 Å². The first-order valence-corrected chi connectivity index (χ1v) is 18.9. The van der Waals surface area contributed by atoms with Crippen LogP contribution in [0, 0.1) is 24.2 Å². The highest BCUT2D eigenvalue weighted by Gasteiger charge is 2.41. The molecular formula is C40H63N7O6. The predicted octanol–water partition coefficient (Wildman–Crippen LogP) is 5.26. The molecule has 2 heterocycles. The SMILES string of the molecule is CCC(C)C(C(=O)NC(Cc1ccccc1)C(O)CN(CCC(C)C)NC(=O)N(CC(C)(C)C)C(=O)OC)N1CCN(CCc2cccc(C)n2)C1=O. The number of methoxy groups -OCH3 is 1. The molecular weight excluding hydrogens is 674 g/mol. The molecule has 3 rings (SSSR count). The van der Waals surface area contributed by atoms with Crippen molar-refractivity contribution in [2.45, 2.75) is 99.3 Å². The van der Waals surface area contributed by atoms with Crippen molar-refractivity contribution in [3.63, 3.8) is 0 Å². The van der Waals surface area contributed by atoms with Crippen molar-refractivity contribution in [3.05, 3.63) is 65.5 Å². The Morgan fingerprint density at radius 3 is 2.34 bits per heavy atom. The van der Waals surface area contributed by atoms with Gasteiger partial charge in [0.25, 0.3) is 0 Å². The van der Waals surface area contributed by atoms with E-state index in [2.05, 4.69) is 29.6 Å². The van der Waals surface area contributed by atoms with E-state index in [4.69, 9.17) is 4.74 Å². The molecule has 13 nitrogen and oxygen atoms in total. The molecule has 0 radical (unpaired) electrons. The van der Waals surface area contributed by atoms with Gasteiger partial charge in [-0.25, -0.2) is 24.3 Å². The van der Waals surface area contributed by atoms with Gasteiger partial charge in [0.15, 0.2) is 0 Å². The van der Waals surface area contributed by atoms with E-state index in [1.807, 2.05) is 90.1 Å². The van der Waals surface area contributed by atoms with Crippen molar-refractivity contribution in [1.82, 2.24) is 35.4 Å². The van der Waals surface area contributed by atoms with Gasteiger partial charge in [0.2, 0.25) is 5.91 Å². The molecule has 2 aromatic rings. The number of carbonyl (C=O) groups excluding carboxylic acids is 4. The van der Waals surface area contributed by atoms with E-state index in [1.165, 1.54) is 7.11 Å². The number of imide groups is 1. The number of pyridine rings is 1. The Balaban J connectivity index is 1.84. The Morgan fingerprint density at radius 2 is 1.74 bits per heavy atom. The number of benzene rings is 1. The lowest BCUT2D eigenvalue weighted by molar-refractivity contribution is -0.128. The summed E-state index contributed by atoms with van der Waals surface area (Å²) < 4.78 is 4.91. The summed E-state index contributed by atoms with van der Waals surface area (Å²) in [6.45, 7) is 17.7. The molecule has 1 aliphatic heterocycles. The van der Waals surface area contributed by atoms with E-state index in [1.54, 1.807) is 14.8 Å². The maximum atomic E-state index is 14.3. The van der Waals surface area contributed by atoms with E-state index in [0.717, 1.165) is 21.9 Å². The van der Waals surface area contributed by atoms with Gasteiger partial charge in [-0.05, 0) is 54.7 Å². The Bertz CT molecular complexity index is 1480. The van der Waals surface area contributed by atoms with Crippen LogP contribution >= 0.6 is 0 Å². The van der Waals surface area contributed by atoms with Gasteiger partial charge in [-0.1, -0.05) is 91.3 Å². The van der Waals surface area contributed by atoms with Crippen LogP contribution in [0.25, 0.3) is 0 Å². The number of hydrazine groups is 1. The topological polar surface area (TPSA) is 148 Å². The zero-order valence-corrected chi connectivity index (χ0v) is 33.3. The molecule has 13 heteroatoms. The quantitative estimate of drug-likeness (QED) is 0.176. The van der Waals surface area contributed by atoms with E-state index in [0.29, 0.717) is 57.8 Å². The van der Waals surface area contributed by atoms with Gasteiger partial charge in [-0.15, -0.1) is 0 Å². The van der Waals surface area contributed by atoms with Crippen LogP contribution < -0.4 is 10.7 Å². The maximum Gasteiger partial charge on any atom is 0.417 e. The van der Waals surface area contributed by atoms with E-state index in [-0.39, 0.29) is 30.9 Å². The second kappa shape index (κ2) is 20.3. The largest absolute Gasteiger partial charge is 0.452 e. The number of urea groups is 2. The van der Waals surface area contributed by atoms with Gasteiger partial charge in [0.05, 0.1) is 19.3 Å². The average molecular weight is 738 g/mol. The summed E-state index contributed by atoms with van der Waals surface area (Å²) in [5.74, 6) is -0.199. The monoisotopic (exact) mass is 737 g/mol. The molecule has 4 unspecified atom stereocenters. The molecule has 0 aliphatic carbocycles. The summed E-state index contributed by atoms with van der Waals surface area (Å²) in [7, 11) is 1.23. The van der Waals surface area contributed by atoms with E-state index in [9.17, 15) is 24.3 Å². The zero-order valence-electron chi connectivity index (χ0n) is 33.3. The number of aromatic nitrogens is 1. The number of hydrogen-bond acceptors (Lipinski definition) is 8. The molecule has 0 spiro atoms. The Labute approximate surface area is 316 Å². The lowest BCUT2D eigenvalue weighted by atomic mass is 9.95. The molecule has 1 saturated heterocycles. The van der Waals surface area contributed by atoms with Crippen molar-refractivity contribution < 1.29 is 29.0 Å². The molecule has 1 aromatic heterocycles.